The molecule has 7 nitrogen and oxygen atoms in total. The quantitative estimate of drug-likeness (QED) is 0.728. The summed E-state index contributed by atoms with van der Waals surface area (Å²) >= 11 is 0. The van der Waals surface area contributed by atoms with E-state index < -0.39 is 10.0 Å². The number of benzene rings is 1. The van der Waals surface area contributed by atoms with Gasteiger partial charge in [-0.3, -0.25) is 4.72 Å². The lowest BCUT2D eigenvalue weighted by atomic mass is 9.84. The fourth-order valence-corrected chi connectivity index (χ4v) is 4.60. The zero-order valence-corrected chi connectivity index (χ0v) is 15.6. The molecule has 0 spiro atoms. The summed E-state index contributed by atoms with van der Waals surface area (Å²) in [5.74, 6) is 0.915. The van der Waals surface area contributed by atoms with Gasteiger partial charge in [0.05, 0.1) is 10.6 Å². The van der Waals surface area contributed by atoms with Crippen LogP contribution in [0.5, 0.6) is 0 Å². The average Bonchev–Trinajstić information content (AvgIpc) is 3.24. The summed E-state index contributed by atoms with van der Waals surface area (Å²) in [5.41, 5.74) is 1.57. The van der Waals surface area contributed by atoms with Gasteiger partial charge in [-0.05, 0) is 48.6 Å². The largest absolute Gasteiger partial charge is 0.276 e. The first-order valence-electron chi connectivity index (χ1n) is 9.06. The van der Waals surface area contributed by atoms with Gasteiger partial charge < -0.3 is 0 Å². The van der Waals surface area contributed by atoms with Crippen LogP contribution in [0, 0.1) is 0 Å². The molecule has 3 aromatic rings. The van der Waals surface area contributed by atoms with Gasteiger partial charge in [-0.2, -0.15) is 5.10 Å². The van der Waals surface area contributed by atoms with Crippen LogP contribution in [-0.4, -0.2) is 28.2 Å². The van der Waals surface area contributed by atoms with Crippen LogP contribution in [0.3, 0.4) is 0 Å². The Balaban J connectivity index is 1.58. The average molecular weight is 383 g/mol. The molecule has 1 aliphatic carbocycles. The third-order valence-corrected chi connectivity index (χ3v) is 6.32. The van der Waals surface area contributed by atoms with Crippen molar-refractivity contribution in [3.63, 3.8) is 0 Å². The number of anilines is 1. The molecule has 0 bridgehead atoms. The maximum absolute atomic E-state index is 12.8. The van der Waals surface area contributed by atoms with E-state index >= 15 is 0 Å². The Morgan fingerprint density at radius 3 is 2.52 bits per heavy atom. The number of nitrogens with one attached hydrogen (secondary N) is 1. The SMILES string of the molecule is O=S(=O)(Nc1cccnc1-n1cncn1)c1ccc(C2CCCCC2)cc1. The van der Waals surface area contributed by atoms with Crippen LogP contribution in [0.25, 0.3) is 5.82 Å². The van der Waals surface area contributed by atoms with Crippen LogP contribution in [0.2, 0.25) is 0 Å². The second kappa shape index (κ2) is 7.48. The van der Waals surface area contributed by atoms with Gasteiger partial charge in [0.1, 0.15) is 12.7 Å². The van der Waals surface area contributed by atoms with Crippen LogP contribution >= 0.6 is 0 Å². The third-order valence-electron chi connectivity index (χ3n) is 4.93. The van der Waals surface area contributed by atoms with E-state index in [0.29, 0.717) is 17.4 Å². The molecule has 0 atom stereocenters. The minimum Gasteiger partial charge on any atom is -0.276 e. The molecule has 0 aliphatic heterocycles. The van der Waals surface area contributed by atoms with Crippen molar-refractivity contribution in [3.05, 3.63) is 60.8 Å². The number of rotatable bonds is 5. The number of nitrogens with zero attached hydrogens (tertiary/aromatic N) is 4. The minimum atomic E-state index is -3.73. The lowest BCUT2D eigenvalue weighted by Crippen LogP contribution is -2.15. The number of aromatic nitrogens is 4. The van der Waals surface area contributed by atoms with Gasteiger partial charge in [0.2, 0.25) is 0 Å². The molecule has 0 radical (unpaired) electrons. The zero-order valence-electron chi connectivity index (χ0n) is 14.8. The van der Waals surface area contributed by atoms with Crippen molar-refractivity contribution in [1.29, 1.82) is 0 Å². The molecule has 0 unspecified atom stereocenters. The molecule has 2 heterocycles. The Kier molecular flexibility index (Phi) is 4.89. The van der Waals surface area contributed by atoms with Crippen molar-refractivity contribution >= 4 is 15.7 Å². The summed E-state index contributed by atoms with van der Waals surface area (Å²) in [6.07, 6.45) is 10.6. The van der Waals surface area contributed by atoms with Gasteiger partial charge in [0, 0.05) is 6.20 Å². The maximum Gasteiger partial charge on any atom is 0.262 e. The number of sulfonamides is 1. The first-order chi connectivity index (χ1) is 13.1. The highest BCUT2D eigenvalue weighted by atomic mass is 32.2. The van der Waals surface area contributed by atoms with Crippen molar-refractivity contribution in [2.75, 3.05) is 4.72 Å². The van der Waals surface area contributed by atoms with Crippen molar-refractivity contribution in [2.24, 2.45) is 0 Å². The molecule has 1 saturated carbocycles. The topological polar surface area (TPSA) is 89.8 Å². The predicted octanol–water partition coefficient (Wildman–Crippen LogP) is 3.51. The molecule has 27 heavy (non-hydrogen) atoms. The van der Waals surface area contributed by atoms with E-state index in [1.165, 1.54) is 55.0 Å². The Bertz CT molecular complexity index is 995. The van der Waals surface area contributed by atoms with E-state index in [0.717, 1.165) is 0 Å². The predicted molar refractivity (Wildman–Crippen MR) is 102 cm³/mol. The van der Waals surface area contributed by atoms with Gasteiger partial charge in [-0.15, -0.1) is 0 Å². The Labute approximate surface area is 158 Å². The second-order valence-electron chi connectivity index (χ2n) is 6.72. The molecule has 0 saturated heterocycles. The lowest BCUT2D eigenvalue weighted by molar-refractivity contribution is 0.443. The van der Waals surface area contributed by atoms with E-state index in [9.17, 15) is 8.42 Å². The molecular weight excluding hydrogens is 362 g/mol. The van der Waals surface area contributed by atoms with E-state index in [2.05, 4.69) is 19.8 Å². The molecular formula is C19H21N5O2S. The Morgan fingerprint density at radius 1 is 1.04 bits per heavy atom. The van der Waals surface area contributed by atoms with Crippen molar-refractivity contribution in [1.82, 2.24) is 19.7 Å². The zero-order chi connectivity index (χ0) is 18.7. The van der Waals surface area contributed by atoms with Crippen molar-refractivity contribution in [3.8, 4) is 5.82 Å². The van der Waals surface area contributed by atoms with Crippen molar-refractivity contribution < 1.29 is 8.42 Å². The maximum atomic E-state index is 12.8. The third kappa shape index (κ3) is 3.85. The normalized spacial score (nSPS) is 15.6. The highest BCUT2D eigenvalue weighted by molar-refractivity contribution is 7.92. The number of pyridine rings is 1. The van der Waals surface area contributed by atoms with Crippen LogP contribution in [0.15, 0.2) is 60.1 Å². The fourth-order valence-electron chi connectivity index (χ4n) is 3.54. The first kappa shape index (κ1) is 17.7. The summed E-state index contributed by atoms with van der Waals surface area (Å²) in [6.45, 7) is 0. The second-order valence-corrected chi connectivity index (χ2v) is 8.41. The minimum absolute atomic E-state index is 0.232. The molecule has 0 amide bonds. The van der Waals surface area contributed by atoms with Gasteiger partial charge in [0.25, 0.3) is 10.0 Å². The molecule has 1 aromatic carbocycles. The summed E-state index contributed by atoms with van der Waals surface area (Å²) in [6, 6.07) is 10.6. The molecule has 1 fully saturated rings. The van der Waals surface area contributed by atoms with Gasteiger partial charge in [-0.1, -0.05) is 31.4 Å². The molecule has 8 heteroatoms. The molecule has 140 valence electrons. The summed E-state index contributed by atoms with van der Waals surface area (Å²) in [7, 11) is -3.73. The summed E-state index contributed by atoms with van der Waals surface area (Å²) in [5, 5.41) is 4.02. The molecule has 1 aliphatic rings. The van der Waals surface area contributed by atoms with E-state index in [1.54, 1.807) is 30.5 Å². The van der Waals surface area contributed by atoms with Gasteiger partial charge >= 0.3 is 0 Å². The van der Waals surface area contributed by atoms with Gasteiger partial charge in [0.15, 0.2) is 5.82 Å². The van der Waals surface area contributed by atoms with Crippen molar-refractivity contribution in [2.45, 2.75) is 42.9 Å². The Morgan fingerprint density at radius 2 is 1.81 bits per heavy atom. The highest BCUT2D eigenvalue weighted by Crippen LogP contribution is 2.33. The van der Waals surface area contributed by atoms with E-state index in [1.807, 2.05) is 12.1 Å². The van der Waals surface area contributed by atoms with E-state index in [4.69, 9.17) is 0 Å². The molecule has 1 N–H and O–H groups in total. The highest BCUT2D eigenvalue weighted by Gasteiger charge is 2.20. The summed E-state index contributed by atoms with van der Waals surface area (Å²) < 4.78 is 29.7. The monoisotopic (exact) mass is 383 g/mol. The Hall–Kier alpha value is -2.74. The first-order valence-corrected chi connectivity index (χ1v) is 10.5. The van der Waals surface area contributed by atoms with Crippen LogP contribution in [0.1, 0.15) is 43.6 Å². The number of hydrogen-bond acceptors (Lipinski definition) is 5. The van der Waals surface area contributed by atoms with Crippen LogP contribution < -0.4 is 4.72 Å². The molecule has 2 aromatic heterocycles. The van der Waals surface area contributed by atoms with Crippen LogP contribution in [-0.2, 0) is 10.0 Å². The smallest absolute Gasteiger partial charge is 0.262 e. The molecule has 4 rings (SSSR count). The summed E-state index contributed by atoms with van der Waals surface area (Å²) in [4.78, 5) is 8.32. The lowest BCUT2D eigenvalue weighted by Gasteiger charge is -2.22. The van der Waals surface area contributed by atoms with Gasteiger partial charge in [-0.25, -0.2) is 23.1 Å². The van der Waals surface area contributed by atoms with Crippen LogP contribution in [0.4, 0.5) is 5.69 Å². The fraction of sp³-hybridized carbons (Fsp3) is 0.316. The standard InChI is InChI=1S/C19H21N5O2S/c25-27(26,17-10-8-16(9-11-17)15-5-2-1-3-6-15)23-18-7-4-12-21-19(18)24-14-20-13-22-24/h4,7-15,23H,1-3,5-6H2. The number of hydrogen-bond donors (Lipinski definition) is 1. The van der Waals surface area contributed by atoms with E-state index in [-0.39, 0.29) is 4.90 Å².